The highest BCUT2D eigenvalue weighted by molar-refractivity contribution is 6.14. The van der Waals surface area contributed by atoms with Crippen molar-refractivity contribution in [2.75, 3.05) is 0 Å². The van der Waals surface area contributed by atoms with E-state index in [9.17, 15) is 4.79 Å². The topological polar surface area (TPSA) is 68.3 Å². The van der Waals surface area contributed by atoms with E-state index in [0.29, 0.717) is 18.2 Å². The van der Waals surface area contributed by atoms with Crippen LogP contribution in [0.4, 0.5) is 0 Å². The van der Waals surface area contributed by atoms with E-state index in [1.807, 2.05) is 61.8 Å². The van der Waals surface area contributed by atoms with Gasteiger partial charge in [-0.3, -0.25) is 9.78 Å². The third-order valence-corrected chi connectivity index (χ3v) is 6.35. The summed E-state index contributed by atoms with van der Waals surface area (Å²) in [4.78, 5) is 22.9. The number of pyridine rings is 1. The van der Waals surface area contributed by atoms with E-state index < -0.39 is 5.54 Å². The molecule has 30 heavy (non-hydrogen) atoms. The lowest BCUT2D eigenvalue weighted by atomic mass is 9.77. The number of carbonyl (C=O) groups excluding carboxylic acids is 1. The summed E-state index contributed by atoms with van der Waals surface area (Å²) in [6.07, 6.45) is 6.99. The van der Waals surface area contributed by atoms with Crippen molar-refractivity contribution in [1.82, 2.24) is 4.98 Å². The molecule has 1 aliphatic heterocycles. The fourth-order valence-corrected chi connectivity index (χ4v) is 4.55. The number of rotatable bonds is 5. The van der Waals surface area contributed by atoms with Crippen LogP contribution in [0.1, 0.15) is 48.8 Å². The average Bonchev–Trinajstić information content (AvgIpc) is 3.60. The largest absolute Gasteiger partial charge is 0.387 e. The first-order valence-corrected chi connectivity index (χ1v) is 10.6. The van der Waals surface area contributed by atoms with Crippen LogP contribution in [-0.2, 0) is 10.3 Å². The molecule has 0 spiro atoms. The number of hydrogen-bond acceptors (Lipinski definition) is 4. The minimum Gasteiger partial charge on any atom is -0.387 e. The lowest BCUT2D eigenvalue weighted by Gasteiger charge is -2.27. The Morgan fingerprint density at radius 1 is 0.967 bits per heavy atom. The maximum absolute atomic E-state index is 13.7. The number of amidine groups is 1. The highest BCUT2D eigenvalue weighted by atomic mass is 16.1. The van der Waals surface area contributed by atoms with Gasteiger partial charge in [0.15, 0.2) is 11.3 Å². The monoisotopic (exact) mass is 395 g/mol. The first-order valence-electron chi connectivity index (χ1n) is 10.6. The summed E-state index contributed by atoms with van der Waals surface area (Å²) in [5.41, 5.74) is 10.3. The zero-order valence-electron chi connectivity index (χ0n) is 17.1. The summed E-state index contributed by atoms with van der Waals surface area (Å²) in [6, 6.07) is 20.1. The molecule has 0 amide bonds. The molecule has 5 rings (SSSR count). The van der Waals surface area contributed by atoms with Gasteiger partial charge in [0, 0.05) is 18.0 Å². The van der Waals surface area contributed by atoms with Crippen molar-refractivity contribution in [2.24, 2.45) is 16.6 Å². The molecule has 0 radical (unpaired) electrons. The van der Waals surface area contributed by atoms with Crippen molar-refractivity contribution in [3.8, 4) is 11.1 Å². The van der Waals surface area contributed by atoms with Crippen LogP contribution in [0.3, 0.4) is 0 Å². The first-order chi connectivity index (χ1) is 14.6. The van der Waals surface area contributed by atoms with Crippen LogP contribution >= 0.6 is 0 Å². The van der Waals surface area contributed by atoms with Gasteiger partial charge in [0.05, 0.1) is 5.92 Å². The second-order valence-corrected chi connectivity index (χ2v) is 8.30. The summed E-state index contributed by atoms with van der Waals surface area (Å²) in [5, 5.41) is 0. The summed E-state index contributed by atoms with van der Waals surface area (Å²) < 4.78 is 0. The summed E-state index contributed by atoms with van der Waals surface area (Å²) in [5.74, 6) is 0.765. The predicted molar refractivity (Wildman–Crippen MR) is 119 cm³/mol. The molecule has 3 aromatic rings. The Balaban J connectivity index is 1.66. The van der Waals surface area contributed by atoms with Crippen LogP contribution in [-0.4, -0.2) is 16.6 Å². The van der Waals surface area contributed by atoms with Gasteiger partial charge in [-0.2, -0.15) is 0 Å². The SMILES string of the molecule is CCC1C(=O)C(c2ccccc2)(c2cccc(-c3cncc(C4CC4)c3)c2)N=C1N. The lowest BCUT2D eigenvalue weighted by molar-refractivity contribution is -0.124. The van der Waals surface area contributed by atoms with E-state index in [-0.39, 0.29) is 11.7 Å². The van der Waals surface area contributed by atoms with Gasteiger partial charge in [0.1, 0.15) is 5.84 Å². The fraction of sp³-hybridized carbons (Fsp3) is 0.269. The molecule has 2 unspecified atom stereocenters. The normalized spacial score (nSPS) is 23.4. The number of carbonyl (C=O) groups is 1. The van der Waals surface area contributed by atoms with Gasteiger partial charge < -0.3 is 5.73 Å². The fourth-order valence-electron chi connectivity index (χ4n) is 4.55. The Morgan fingerprint density at radius 3 is 2.43 bits per heavy atom. The highest BCUT2D eigenvalue weighted by Gasteiger charge is 2.50. The van der Waals surface area contributed by atoms with Gasteiger partial charge in [-0.1, -0.05) is 55.5 Å². The second-order valence-electron chi connectivity index (χ2n) is 8.30. The number of nitrogens with two attached hydrogens (primary N) is 1. The summed E-state index contributed by atoms with van der Waals surface area (Å²) in [6.45, 7) is 1.98. The first kappa shape index (κ1) is 18.7. The van der Waals surface area contributed by atoms with Crippen LogP contribution in [0, 0.1) is 5.92 Å². The molecule has 4 nitrogen and oxygen atoms in total. The van der Waals surface area contributed by atoms with Crippen molar-refractivity contribution in [1.29, 1.82) is 0 Å². The number of ketones is 1. The van der Waals surface area contributed by atoms with E-state index >= 15 is 0 Å². The van der Waals surface area contributed by atoms with Gasteiger partial charge in [-0.05, 0) is 59.6 Å². The van der Waals surface area contributed by atoms with Crippen LogP contribution in [0.25, 0.3) is 11.1 Å². The molecule has 4 heteroatoms. The number of Topliss-reactive ketones (excluding diaryl/α,β-unsaturated/α-hetero) is 1. The van der Waals surface area contributed by atoms with Gasteiger partial charge in [0.2, 0.25) is 0 Å². The molecule has 1 fully saturated rings. The van der Waals surface area contributed by atoms with Crippen molar-refractivity contribution in [3.63, 3.8) is 0 Å². The molecule has 0 bridgehead atoms. The molecule has 1 aliphatic carbocycles. The Bertz CT molecular complexity index is 1130. The molecule has 2 aliphatic rings. The highest BCUT2D eigenvalue weighted by Crippen LogP contribution is 2.44. The molecular weight excluding hydrogens is 370 g/mol. The van der Waals surface area contributed by atoms with Crippen LogP contribution in [0.5, 0.6) is 0 Å². The molecule has 2 aromatic carbocycles. The molecule has 1 aromatic heterocycles. The maximum Gasteiger partial charge on any atom is 0.180 e. The van der Waals surface area contributed by atoms with E-state index in [1.54, 1.807) is 0 Å². The third kappa shape index (κ3) is 2.95. The summed E-state index contributed by atoms with van der Waals surface area (Å²) >= 11 is 0. The number of nitrogens with zero attached hydrogens (tertiary/aromatic N) is 2. The second kappa shape index (κ2) is 7.21. The van der Waals surface area contributed by atoms with Crippen molar-refractivity contribution < 1.29 is 4.79 Å². The molecule has 2 N–H and O–H groups in total. The smallest absolute Gasteiger partial charge is 0.180 e. The Morgan fingerprint density at radius 2 is 1.73 bits per heavy atom. The van der Waals surface area contributed by atoms with Crippen LogP contribution < -0.4 is 5.73 Å². The number of aliphatic imine (C=N–C) groups is 1. The number of benzene rings is 2. The van der Waals surface area contributed by atoms with Gasteiger partial charge in [-0.15, -0.1) is 0 Å². The molecule has 2 atom stereocenters. The van der Waals surface area contributed by atoms with Gasteiger partial charge >= 0.3 is 0 Å². The number of aromatic nitrogens is 1. The number of hydrogen-bond donors (Lipinski definition) is 1. The molecule has 0 saturated heterocycles. The third-order valence-electron chi connectivity index (χ3n) is 6.35. The minimum atomic E-state index is -1.09. The van der Waals surface area contributed by atoms with Crippen LogP contribution in [0.15, 0.2) is 78.0 Å². The molecule has 150 valence electrons. The Hall–Kier alpha value is -3.27. The summed E-state index contributed by atoms with van der Waals surface area (Å²) in [7, 11) is 0. The maximum atomic E-state index is 13.7. The predicted octanol–water partition coefficient (Wildman–Crippen LogP) is 4.84. The quantitative estimate of drug-likeness (QED) is 0.672. The lowest BCUT2D eigenvalue weighted by Crippen LogP contribution is -2.35. The average molecular weight is 396 g/mol. The molecular formula is C26H25N3O. The van der Waals surface area contributed by atoms with E-state index in [4.69, 9.17) is 10.7 Å². The van der Waals surface area contributed by atoms with Crippen LogP contribution in [0.2, 0.25) is 0 Å². The van der Waals surface area contributed by atoms with Crippen molar-refractivity contribution >= 4 is 11.6 Å². The van der Waals surface area contributed by atoms with E-state index in [1.165, 1.54) is 18.4 Å². The van der Waals surface area contributed by atoms with Crippen molar-refractivity contribution in [2.45, 2.75) is 37.6 Å². The zero-order chi connectivity index (χ0) is 20.7. The Kier molecular flexibility index (Phi) is 4.50. The van der Waals surface area contributed by atoms with Gasteiger partial charge in [0.25, 0.3) is 0 Å². The van der Waals surface area contributed by atoms with E-state index in [0.717, 1.165) is 22.3 Å². The minimum absolute atomic E-state index is 0.0516. The Labute approximate surface area is 176 Å². The molecule has 2 heterocycles. The van der Waals surface area contributed by atoms with E-state index in [2.05, 4.69) is 23.2 Å². The van der Waals surface area contributed by atoms with Crippen molar-refractivity contribution in [3.05, 3.63) is 89.7 Å². The standard InChI is InChI=1S/C26H25N3O/c1-2-23-24(30)26(29-25(23)27,21-8-4-3-5-9-21)22-10-6-7-18(14-22)20-13-19(15-28-16-20)17-11-12-17/h3-10,13-17,23H,2,11-12H2,1H3,(H2,27,29). The molecule has 1 saturated carbocycles. The zero-order valence-corrected chi connectivity index (χ0v) is 17.1. The van der Waals surface area contributed by atoms with Gasteiger partial charge in [-0.25, -0.2) is 4.99 Å².